The fraction of sp³-hybridized carbons (Fsp3) is 0.400. The third kappa shape index (κ3) is 1.69. The van der Waals surface area contributed by atoms with Crippen LogP contribution in [0.5, 0.6) is 0 Å². The second-order valence-electron chi connectivity index (χ2n) is 5.19. The fourth-order valence-electron chi connectivity index (χ4n) is 2.40. The fourth-order valence-corrected chi connectivity index (χ4v) is 2.40. The molecule has 15 heavy (non-hydrogen) atoms. The molecule has 0 bridgehead atoms. The Morgan fingerprint density at radius 3 is 2.53 bits per heavy atom. The first kappa shape index (κ1) is 10.4. The van der Waals surface area contributed by atoms with Crippen molar-refractivity contribution in [2.24, 2.45) is 5.41 Å². The number of allylic oxidation sites excluding steroid dienone is 1. The lowest BCUT2D eigenvalue weighted by Gasteiger charge is -2.24. The number of hydrogen-bond acceptors (Lipinski definition) is 0. The molecule has 1 aliphatic rings. The minimum atomic E-state index is 0.0675. The summed E-state index contributed by atoms with van der Waals surface area (Å²) in [5, 5.41) is 0. The van der Waals surface area contributed by atoms with E-state index in [1.54, 1.807) is 0 Å². The summed E-state index contributed by atoms with van der Waals surface area (Å²) in [5.74, 6) is 0. The summed E-state index contributed by atoms with van der Waals surface area (Å²) in [7, 11) is 0. The van der Waals surface area contributed by atoms with E-state index in [1.165, 1.54) is 27.8 Å². The van der Waals surface area contributed by atoms with Crippen LogP contribution in [-0.4, -0.2) is 0 Å². The highest BCUT2D eigenvalue weighted by Crippen LogP contribution is 2.35. The second kappa shape index (κ2) is 3.16. The smallest absolute Gasteiger partial charge is 0.0555 e. The van der Waals surface area contributed by atoms with Crippen LogP contribution in [0.4, 0.5) is 0 Å². The quantitative estimate of drug-likeness (QED) is 0.554. The van der Waals surface area contributed by atoms with E-state index >= 15 is 0 Å². The average molecular weight is 199 g/mol. The summed E-state index contributed by atoms with van der Waals surface area (Å²) < 4.78 is 0. The average Bonchev–Trinajstić information content (AvgIpc) is 2.13. The third-order valence-electron chi connectivity index (χ3n) is 3.46. The Labute approximate surface area is 93.0 Å². The van der Waals surface area contributed by atoms with Crippen LogP contribution in [0, 0.1) is 33.1 Å². The van der Waals surface area contributed by atoms with Gasteiger partial charge in [-0.1, -0.05) is 12.1 Å². The summed E-state index contributed by atoms with van der Waals surface area (Å²) in [6, 6.07) is 2.28. The molecule has 0 saturated heterocycles. The van der Waals surface area contributed by atoms with E-state index in [4.69, 9.17) is 0 Å². The van der Waals surface area contributed by atoms with Gasteiger partial charge in [0.2, 0.25) is 0 Å². The molecule has 0 heterocycles. The molecule has 2 rings (SSSR count). The predicted molar refractivity (Wildman–Crippen MR) is 66.9 cm³/mol. The zero-order valence-electron chi connectivity index (χ0n) is 10.1. The van der Waals surface area contributed by atoms with Crippen molar-refractivity contribution < 1.29 is 0 Å². The van der Waals surface area contributed by atoms with E-state index in [1.807, 2.05) is 0 Å². The van der Waals surface area contributed by atoms with Crippen LogP contribution in [0.15, 0.2) is 12.1 Å². The lowest BCUT2D eigenvalue weighted by atomic mass is 9.76. The molecule has 0 fully saturated rings. The van der Waals surface area contributed by atoms with Gasteiger partial charge >= 0.3 is 0 Å². The van der Waals surface area contributed by atoms with Gasteiger partial charge in [0.1, 0.15) is 5.41 Å². The normalized spacial score (nSPS) is 24.0. The van der Waals surface area contributed by atoms with Gasteiger partial charge in [-0.2, -0.15) is 0 Å². The molecule has 1 aliphatic carbocycles. The van der Waals surface area contributed by atoms with E-state index < -0.39 is 0 Å². The van der Waals surface area contributed by atoms with Gasteiger partial charge in [-0.15, -0.1) is 0 Å². The Morgan fingerprint density at radius 2 is 1.87 bits per heavy atom. The van der Waals surface area contributed by atoms with Crippen molar-refractivity contribution >= 4 is 6.08 Å². The first-order valence-corrected chi connectivity index (χ1v) is 5.55. The van der Waals surface area contributed by atoms with E-state index in [2.05, 4.69) is 52.8 Å². The standard InChI is InChI=1S/C15H19/c1-10-8-11(2)13-6-7-15(4,5)9-14(13)12(10)3/h6-8H,4,9H2,1-3,5H3/q+1/t15-/m0/s1. The largest absolute Gasteiger partial charge is 0.125 e. The monoisotopic (exact) mass is 199 g/mol. The maximum Gasteiger partial charge on any atom is 0.125 e. The number of hydrogen-bond donors (Lipinski definition) is 0. The van der Waals surface area contributed by atoms with E-state index in [-0.39, 0.29) is 5.41 Å². The highest BCUT2D eigenvalue weighted by molar-refractivity contribution is 5.64. The summed E-state index contributed by atoms with van der Waals surface area (Å²) in [4.78, 5) is 0. The molecule has 0 amide bonds. The number of rotatable bonds is 0. The molecule has 0 radical (unpaired) electrons. The Morgan fingerprint density at radius 1 is 1.20 bits per heavy atom. The first-order chi connectivity index (χ1) is 6.91. The Hall–Kier alpha value is -1.17. The van der Waals surface area contributed by atoms with Crippen LogP contribution in [0.3, 0.4) is 0 Å². The molecule has 0 N–H and O–H groups in total. The molecular formula is C15H19+. The molecule has 0 nitrogen and oxygen atoms in total. The van der Waals surface area contributed by atoms with E-state index in [0.29, 0.717) is 0 Å². The van der Waals surface area contributed by atoms with Gasteiger partial charge in [0.05, 0.1) is 6.92 Å². The van der Waals surface area contributed by atoms with Gasteiger partial charge in [0, 0.05) is 6.42 Å². The topological polar surface area (TPSA) is 0 Å². The third-order valence-corrected chi connectivity index (χ3v) is 3.46. The molecule has 0 spiro atoms. The number of aryl methyl sites for hydroxylation is 2. The van der Waals surface area contributed by atoms with Crippen LogP contribution in [0.25, 0.3) is 6.08 Å². The Bertz CT molecular complexity index is 434. The summed E-state index contributed by atoms with van der Waals surface area (Å²) >= 11 is 0. The van der Waals surface area contributed by atoms with Crippen LogP contribution in [0.2, 0.25) is 0 Å². The van der Waals surface area contributed by atoms with Crippen LogP contribution < -0.4 is 0 Å². The molecule has 1 aromatic rings. The Kier molecular flexibility index (Phi) is 2.18. The van der Waals surface area contributed by atoms with Crippen molar-refractivity contribution in [3.8, 4) is 0 Å². The molecular weight excluding hydrogens is 180 g/mol. The van der Waals surface area contributed by atoms with Crippen molar-refractivity contribution in [1.82, 2.24) is 0 Å². The van der Waals surface area contributed by atoms with E-state index in [9.17, 15) is 0 Å². The lowest BCUT2D eigenvalue weighted by molar-refractivity contribution is 0.537. The van der Waals surface area contributed by atoms with Gasteiger partial charge in [-0.25, -0.2) is 0 Å². The minimum absolute atomic E-state index is 0.0675. The van der Waals surface area contributed by atoms with Crippen molar-refractivity contribution in [2.45, 2.75) is 34.1 Å². The zero-order chi connectivity index (χ0) is 11.2. The molecule has 0 unspecified atom stereocenters. The minimum Gasteiger partial charge on any atom is -0.0555 e. The van der Waals surface area contributed by atoms with Gasteiger partial charge in [0.25, 0.3) is 0 Å². The molecule has 0 saturated carbocycles. The molecule has 0 aliphatic heterocycles. The molecule has 0 aromatic heterocycles. The summed E-state index contributed by atoms with van der Waals surface area (Å²) in [6.45, 7) is 13.1. The summed E-state index contributed by atoms with van der Waals surface area (Å²) in [6.07, 6.45) is 5.54. The number of fused-ring (bicyclic) bond motifs is 1. The van der Waals surface area contributed by atoms with E-state index in [0.717, 1.165) is 6.42 Å². The maximum absolute atomic E-state index is 4.24. The van der Waals surface area contributed by atoms with Crippen LogP contribution >= 0.6 is 0 Å². The predicted octanol–water partition coefficient (Wildman–Crippen LogP) is 4.02. The lowest BCUT2D eigenvalue weighted by Crippen LogP contribution is -2.18. The molecule has 0 heteroatoms. The highest BCUT2D eigenvalue weighted by Gasteiger charge is 2.28. The SMILES string of the molecule is [CH2+][C@]1(C)C=Cc2c(C)cc(C)c(C)c2C1. The van der Waals surface area contributed by atoms with Crippen LogP contribution in [0.1, 0.15) is 34.7 Å². The number of benzene rings is 1. The van der Waals surface area contributed by atoms with Gasteiger partial charge in [-0.3, -0.25) is 0 Å². The van der Waals surface area contributed by atoms with Crippen LogP contribution in [-0.2, 0) is 6.42 Å². The van der Waals surface area contributed by atoms with Crippen molar-refractivity contribution in [3.63, 3.8) is 0 Å². The van der Waals surface area contributed by atoms with Crippen molar-refractivity contribution in [3.05, 3.63) is 46.9 Å². The molecule has 1 atom stereocenters. The van der Waals surface area contributed by atoms with Gasteiger partial charge < -0.3 is 0 Å². The zero-order valence-corrected chi connectivity index (χ0v) is 10.1. The highest BCUT2D eigenvalue weighted by atomic mass is 14.3. The summed E-state index contributed by atoms with van der Waals surface area (Å²) in [5.41, 5.74) is 7.21. The van der Waals surface area contributed by atoms with Gasteiger partial charge in [0.15, 0.2) is 0 Å². The Balaban J connectivity index is 2.66. The van der Waals surface area contributed by atoms with Crippen molar-refractivity contribution in [2.75, 3.05) is 0 Å². The second-order valence-corrected chi connectivity index (χ2v) is 5.19. The molecule has 1 aromatic carbocycles. The van der Waals surface area contributed by atoms with Crippen molar-refractivity contribution in [1.29, 1.82) is 0 Å². The van der Waals surface area contributed by atoms with Gasteiger partial charge in [-0.05, 0) is 61.6 Å². The molecule has 78 valence electrons. The first-order valence-electron chi connectivity index (χ1n) is 5.55. The maximum atomic E-state index is 4.24.